The maximum atomic E-state index is 11.9. The van der Waals surface area contributed by atoms with Gasteiger partial charge in [-0.3, -0.25) is 4.79 Å². The van der Waals surface area contributed by atoms with E-state index < -0.39 is 0 Å². The van der Waals surface area contributed by atoms with E-state index in [-0.39, 0.29) is 5.91 Å². The van der Waals surface area contributed by atoms with Crippen molar-refractivity contribution in [2.75, 3.05) is 12.4 Å². The Hall–Kier alpha value is -2.13. The molecule has 0 radical (unpaired) electrons. The fraction of sp³-hybridized carbons (Fsp3) is 0.278. The summed E-state index contributed by atoms with van der Waals surface area (Å²) in [6, 6.07) is 18.3. The van der Waals surface area contributed by atoms with Gasteiger partial charge in [-0.2, -0.15) is 0 Å². The van der Waals surface area contributed by atoms with Gasteiger partial charge in [0.1, 0.15) is 0 Å². The summed E-state index contributed by atoms with van der Waals surface area (Å²) in [6.45, 7) is 2.10. The monoisotopic (exact) mass is 282 g/mol. The van der Waals surface area contributed by atoms with Gasteiger partial charge in [0.25, 0.3) is 0 Å². The Kier molecular flexibility index (Phi) is 5.52. The van der Waals surface area contributed by atoms with Gasteiger partial charge in [0, 0.05) is 18.2 Å². The van der Waals surface area contributed by atoms with Gasteiger partial charge < -0.3 is 10.6 Å². The van der Waals surface area contributed by atoms with Crippen LogP contribution in [-0.4, -0.2) is 13.0 Å². The first kappa shape index (κ1) is 15.3. The number of hydrogen-bond donors (Lipinski definition) is 2. The third kappa shape index (κ3) is 4.72. The number of nitrogens with one attached hydrogen (secondary N) is 2. The fourth-order valence-electron chi connectivity index (χ4n) is 2.15. The summed E-state index contributed by atoms with van der Waals surface area (Å²) in [7, 11) is 1.93. The van der Waals surface area contributed by atoms with Crippen LogP contribution in [-0.2, 0) is 11.2 Å². The first-order valence-corrected chi connectivity index (χ1v) is 7.30. The zero-order valence-electron chi connectivity index (χ0n) is 12.6. The quantitative estimate of drug-likeness (QED) is 0.851. The lowest BCUT2D eigenvalue weighted by molar-refractivity contribution is -0.116. The van der Waals surface area contributed by atoms with Gasteiger partial charge >= 0.3 is 0 Å². The minimum absolute atomic E-state index is 0.0493. The van der Waals surface area contributed by atoms with E-state index in [1.807, 2.05) is 61.6 Å². The van der Waals surface area contributed by atoms with Crippen molar-refractivity contribution in [2.24, 2.45) is 0 Å². The molecule has 3 heteroatoms. The van der Waals surface area contributed by atoms with Gasteiger partial charge in [0.2, 0.25) is 5.91 Å². The molecular weight excluding hydrogens is 260 g/mol. The van der Waals surface area contributed by atoms with Crippen molar-refractivity contribution in [3.8, 4) is 0 Å². The number of rotatable bonds is 6. The number of hydrogen-bond acceptors (Lipinski definition) is 2. The molecule has 0 heterocycles. The number of anilines is 1. The molecule has 2 N–H and O–H groups in total. The van der Waals surface area contributed by atoms with Crippen LogP contribution < -0.4 is 10.6 Å². The molecule has 1 unspecified atom stereocenters. The van der Waals surface area contributed by atoms with E-state index in [2.05, 4.69) is 17.6 Å². The molecule has 0 aliphatic rings. The molecule has 110 valence electrons. The first-order chi connectivity index (χ1) is 10.2. The van der Waals surface area contributed by atoms with Gasteiger partial charge in [0.15, 0.2) is 0 Å². The Labute approximate surface area is 126 Å². The lowest BCUT2D eigenvalue weighted by atomic mass is 10.1. The highest BCUT2D eigenvalue weighted by atomic mass is 16.1. The maximum absolute atomic E-state index is 11.9. The van der Waals surface area contributed by atoms with E-state index >= 15 is 0 Å². The van der Waals surface area contributed by atoms with E-state index in [9.17, 15) is 4.79 Å². The molecule has 0 bridgehead atoms. The van der Waals surface area contributed by atoms with Crippen LogP contribution >= 0.6 is 0 Å². The molecule has 1 amide bonds. The summed E-state index contributed by atoms with van der Waals surface area (Å²) in [5.74, 6) is 0.0493. The summed E-state index contributed by atoms with van der Waals surface area (Å²) in [5, 5.41) is 6.13. The average molecular weight is 282 g/mol. The molecular formula is C18H22N2O. The smallest absolute Gasteiger partial charge is 0.224 e. The second kappa shape index (κ2) is 7.60. The van der Waals surface area contributed by atoms with Crippen molar-refractivity contribution in [1.82, 2.24) is 5.32 Å². The van der Waals surface area contributed by atoms with Crippen molar-refractivity contribution >= 4 is 11.6 Å². The van der Waals surface area contributed by atoms with Crippen molar-refractivity contribution in [3.63, 3.8) is 0 Å². The van der Waals surface area contributed by atoms with E-state index in [4.69, 9.17) is 0 Å². The highest BCUT2D eigenvalue weighted by molar-refractivity contribution is 5.90. The van der Waals surface area contributed by atoms with Crippen molar-refractivity contribution in [1.29, 1.82) is 0 Å². The normalized spacial score (nSPS) is 11.9. The zero-order valence-corrected chi connectivity index (χ0v) is 12.6. The third-order valence-corrected chi connectivity index (χ3v) is 3.61. The summed E-state index contributed by atoms with van der Waals surface area (Å²) < 4.78 is 0. The van der Waals surface area contributed by atoms with E-state index in [0.717, 1.165) is 12.1 Å². The number of aryl methyl sites for hydroxylation is 1. The minimum atomic E-state index is 0.0493. The standard InChI is InChI=1S/C18H22N2O/c1-14(19-2)16-9-11-17(12-10-16)20-18(21)13-8-15-6-4-3-5-7-15/h3-7,9-12,14,19H,8,13H2,1-2H3,(H,20,21). The van der Waals surface area contributed by atoms with Crippen molar-refractivity contribution in [3.05, 3.63) is 65.7 Å². The second-order valence-electron chi connectivity index (χ2n) is 5.17. The number of carbonyl (C=O) groups is 1. The Bertz CT molecular complexity index is 564. The predicted octanol–water partition coefficient (Wildman–Crippen LogP) is 3.54. The summed E-state index contributed by atoms with van der Waals surface area (Å²) >= 11 is 0. The largest absolute Gasteiger partial charge is 0.326 e. The molecule has 0 saturated heterocycles. The molecule has 2 aromatic carbocycles. The Morgan fingerprint density at radius 1 is 1.05 bits per heavy atom. The van der Waals surface area contributed by atoms with Gasteiger partial charge in [-0.1, -0.05) is 42.5 Å². The van der Waals surface area contributed by atoms with Crippen LogP contribution in [0.5, 0.6) is 0 Å². The number of carbonyl (C=O) groups excluding carboxylic acids is 1. The Balaban J connectivity index is 1.85. The lowest BCUT2D eigenvalue weighted by Crippen LogP contribution is -2.14. The third-order valence-electron chi connectivity index (χ3n) is 3.61. The van der Waals surface area contributed by atoms with Crippen LogP contribution in [0.4, 0.5) is 5.69 Å². The molecule has 21 heavy (non-hydrogen) atoms. The topological polar surface area (TPSA) is 41.1 Å². The number of benzene rings is 2. The highest BCUT2D eigenvalue weighted by Gasteiger charge is 2.05. The summed E-state index contributed by atoms with van der Waals surface area (Å²) in [4.78, 5) is 11.9. The molecule has 0 aromatic heterocycles. The van der Waals surface area contributed by atoms with Gasteiger partial charge in [-0.25, -0.2) is 0 Å². The van der Waals surface area contributed by atoms with Gasteiger partial charge in [-0.15, -0.1) is 0 Å². The van der Waals surface area contributed by atoms with E-state index in [1.54, 1.807) is 0 Å². The first-order valence-electron chi connectivity index (χ1n) is 7.30. The van der Waals surface area contributed by atoms with Crippen LogP contribution in [0, 0.1) is 0 Å². The fourth-order valence-corrected chi connectivity index (χ4v) is 2.15. The van der Waals surface area contributed by atoms with Crippen LogP contribution in [0.1, 0.15) is 30.5 Å². The molecule has 3 nitrogen and oxygen atoms in total. The van der Waals surface area contributed by atoms with Crippen molar-refractivity contribution in [2.45, 2.75) is 25.8 Å². The van der Waals surface area contributed by atoms with Crippen molar-refractivity contribution < 1.29 is 4.79 Å². The van der Waals surface area contributed by atoms with Crippen LogP contribution in [0.2, 0.25) is 0 Å². The molecule has 0 fully saturated rings. The highest BCUT2D eigenvalue weighted by Crippen LogP contribution is 2.16. The molecule has 2 aromatic rings. The van der Waals surface area contributed by atoms with Crippen LogP contribution in [0.25, 0.3) is 0 Å². The molecule has 0 aliphatic heterocycles. The lowest BCUT2D eigenvalue weighted by Gasteiger charge is -2.11. The van der Waals surface area contributed by atoms with E-state index in [1.165, 1.54) is 11.1 Å². The summed E-state index contributed by atoms with van der Waals surface area (Å²) in [6.07, 6.45) is 1.26. The SMILES string of the molecule is CNC(C)c1ccc(NC(=O)CCc2ccccc2)cc1. The molecule has 0 spiro atoms. The minimum Gasteiger partial charge on any atom is -0.326 e. The molecule has 0 aliphatic carbocycles. The average Bonchev–Trinajstić information content (AvgIpc) is 2.54. The van der Waals surface area contributed by atoms with Crippen LogP contribution in [0.3, 0.4) is 0 Å². The Morgan fingerprint density at radius 3 is 2.33 bits per heavy atom. The van der Waals surface area contributed by atoms with E-state index in [0.29, 0.717) is 12.5 Å². The number of amides is 1. The zero-order chi connectivity index (χ0) is 15.1. The maximum Gasteiger partial charge on any atom is 0.224 e. The summed E-state index contributed by atoms with van der Waals surface area (Å²) in [5.41, 5.74) is 3.24. The Morgan fingerprint density at radius 2 is 1.71 bits per heavy atom. The molecule has 0 saturated carbocycles. The molecule has 1 atom stereocenters. The second-order valence-corrected chi connectivity index (χ2v) is 5.17. The van der Waals surface area contributed by atoms with Gasteiger partial charge in [-0.05, 0) is 43.7 Å². The molecule has 2 rings (SSSR count). The predicted molar refractivity (Wildman–Crippen MR) is 87.3 cm³/mol. The van der Waals surface area contributed by atoms with Crippen LogP contribution in [0.15, 0.2) is 54.6 Å². The van der Waals surface area contributed by atoms with Gasteiger partial charge in [0.05, 0.1) is 0 Å².